The minimum Gasteiger partial charge on any atom is -0.350 e. The summed E-state index contributed by atoms with van der Waals surface area (Å²) >= 11 is 0. The molecule has 20 heavy (non-hydrogen) atoms. The number of imidazole rings is 1. The normalized spacial score (nSPS) is 19.6. The third-order valence-corrected chi connectivity index (χ3v) is 5.02. The van der Waals surface area contributed by atoms with E-state index in [9.17, 15) is 13.2 Å². The smallest absolute Gasteiger partial charge is 0.223 e. The lowest BCUT2D eigenvalue weighted by atomic mass is 10.3. The molecule has 2 heterocycles. The standard InChI is InChI=1S/C12H18N4O3S/c1-20(18,19)15-4-5-16-10(6-13-11(16)8-15)7-14-12(17)9-2-3-9/h6,9H,2-5,7-8H2,1H3,(H,14,17). The molecule has 7 nitrogen and oxygen atoms in total. The minimum absolute atomic E-state index is 0.106. The summed E-state index contributed by atoms with van der Waals surface area (Å²) in [4.78, 5) is 15.9. The molecule has 0 unspecified atom stereocenters. The molecule has 1 fully saturated rings. The van der Waals surface area contributed by atoms with E-state index in [-0.39, 0.29) is 11.8 Å². The van der Waals surface area contributed by atoms with Crippen LogP contribution >= 0.6 is 0 Å². The first-order valence-corrected chi connectivity index (χ1v) is 8.56. The van der Waals surface area contributed by atoms with Crippen molar-refractivity contribution in [3.05, 3.63) is 17.7 Å². The summed E-state index contributed by atoms with van der Waals surface area (Å²) in [5.41, 5.74) is 0.933. The van der Waals surface area contributed by atoms with E-state index in [1.807, 2.05) is 4.57 Å². The largest absolute Gasteiger partial charge is 0.350 e. The third kappa shape index (κ3) is 2.71. The minimum atomic E-state index is -3.18. The molecule has 0 bridgehead atoms. The van der Waals surface area contributed by atoms with Crippen LogP contribution in [0.1, 0.15) is 24.4 Å². The van der Waals surface area contributed by atoms with Crippen LogP contribution in [0.3, 0.4) is 0 Å². The van der Waals surface area contributed by atoms with E-state index in [4.69, 9.17) is 0 Å². The maximum absolute atomic E-state index is 11.6. The highest BCUT2D eigenvalue weighted by molar-refractivity contribution is 7.88. The van der Waals surface area contributed by atoms with Gasteiger partial charge in [-0.05, 0) is 12.8 Å². The topological polar surface area (TPSA) is 84.3 Å². The number of nitrogens with one attached hydrogen (secondary N) is 1. The molecule has 1 aromatic heterocycles. The van der Waals surface area contributed by atoms with Gasteiger partial charge in [0.2, 0.25) is 15.9 Å². The molecule has 1 aromatic rings. The van der Waals surface area contributed by atoms with E-state index in [1.165, 1.54) is 10.6 Å². The predicted octanol–water partition coefficient (Wildman–Crippen LogP) is -0.315. The lowest BCUT2D eigenvalue weighted by Crippen LogP contribution is -2.38. The Morgan fingerprint density at radius 2 is 2.20 bits per heavy atom. The van der Waals surface area contributed by atoms with Gasteiger partial charge in [0.1, 0.15) is 5.82 Å². The number of carbonyl (C=O) groups excluding carboxylic acids is 1. The van der Waals surface area contributed by atoms with Gasteiger partial charge >= 0.3 is 0 Å². The molecule has 1 saturated carbocycles. The van der Waals surface area contributed by atoms with Gasteiger partial charge in [0.05, 0.1) is 31.2 Å². The van der Waals surface area contributed by atoms with Crippen molar-refractivity contribution in [1.29, 1.82) is 0 Å². The number of fused-ring (bicyclic) bond motifs is 1. The second-order valence-electron chi connectivity index (χ2n) is 5.41. The molecular weight excluding hydrogens is 280 g/mol. The third-order valence-electron chi connectivity index (χ3n) is 3.77. The van der Waals surface area contributed by atoms with Crippen molar-refractivity contribution in [3.8, 4) is 0 Å². The van der Waals surface area contributed by atoms with Crippen molar-refractivity contribution in [2.45, 2.75) is 32.5 Å². The fourth-order valence-electron chi connectivity index (χ4n) is 2.39. The van der Waals surface area contributed by atoms with Gasteiger partial charge in [-0.25, -0.2) is 13.4 Å². The van der Waals surface area contributed by atoms with Crippen molar-refractivity contribution in [3.63, 3.8) is 0 Å². The van der Waals surface area contributed by atoms with Gasteiger partial charge in [-0.3, -0.25) is 4.79 Å². The molecule has 1 aliphatic carbocycles. The highest BCUT2D eigenvalue weighted by Gasteiger charge is 2.30. The van der Waals surface area contributed by atoms with Crippen LogP contribution in [-0.4, -0.2) is 41.0 Å². The maximum Gasteiger partial charge on any atom is 0.223 e. The summed E-state index contributed by atoms with van der Waals surface area (Å²) in [6, 6.07) is 0. The fraction of sp³-hybridized carbons (Fsp3) is 0.667. The molecule has 1 N–H and O–H groups in total. The molecule has 1 amide bonds. The van der Waals surface area contributed by atoms with Gasteiger partial charge in [0.15, 0.2) is 0 Å². The Labute approximate surface area is 118 Å². The van der Waals surface area contributed by atoms with Gasteiger partial charge < -0.3 is 9.88 Å². The second kappa shape index (κ2) is 4.85. The van der Waals surface area contributed by atoms with Crippen LogP contribution in [0.25, 0.3) is 0 Å². The highest BCUT2D eigenvalue weighted by atomic mass is 32.2. The lowest BCUT2D eigenvalue weighted by Gasteiger charge is -2.26. The van der Waals surface area contributed by atoms with Crippen LogP contribution in [0.5, 0.6) is 0 Å². The summed E-state index contributed by atoms with van der Waals surface area (Å²) in [7, 11) is -3.18. The first-order chi connectivity index (χ1) is 9.45. The van der Waals surface area contributed by atoms with Crippen molar-refractivity contribution in [1.82, 2.24) is 19.2 Å². The molecule has 3 rings (SSSR count). The van der Waals surface area contributed by atoms with E-state index in [1.54, 1.807) is 6.20 Å². The van der Waals surface area contributed by atoms with Gasteiger partial charge in [0.25, 0.3) is 0 Å². The van der Waals surface area contributed by atoms with Crippen LogP contribution in [0.2, 0.25) is 0 Å². The first-order valence-electron chi connectivity index (χ1n) is 6.71. The monoisotopic (exact) mass is 298 g/mol. The lowest BCUT2D eigenvalue weighted by molar-refractivity contribution is -0.122. The first kappa shape index (κ1) is 13.6. The van der Waals surface area contributed by atoms with E-state index in [0.717, 1.165) is 24.4 Å². The Balaban J connectivity index is 1.68. The van der Waals surface area contributed by atoms with Crippen LogP contribution in [0.15, 0.2) is 6.20 Å². The molecule has 0 aromatic carbocycles. The number of hydrogen-bond donors (Lipinski definition) is 1. The number of hydrogen-bond acceptors (Lipinski definition) is 4. The summed E-state index contributed by atoms with van der Waals surface area (Å²) in [6.07, 6.45) is 4.90. The summed E-state index contributed by atoms with van der Waals surface area (Å²) in [5, 5.41) is 2.91. The van der Waals surface area contributed by atoms with Gasteiger partial charge in [-0.15, -0.1) is 0 Å². The Morgan fingerprint density at radius 1 is 1.45 bits per heavy atom. The zero-order valence-corrected chi connectivity index (χ0v) is 12.2. The molecule has 110 valence electrons. The van der Waals surface area contributed by atoms with Crippen molar-refractivity contribution < 1.29 is 13.2 Å². The van der Waals surface area contributed by atoms with Crippen molar-refractivity contribution in [2.24, 2.45) is 5.92 Å². The average Bonchev–Trinajstić information content (AvgIpc) is 3.16. The predicted molar refractivity (Wildman–Crippen MR) is 72.1 cm³/mol. The summed E-state index contributed by atoms with van der Waals surface area (Å²) in [6.45, 7) is 1.79. The van der Waals surface area contributed by atoms with Gasteiger partial charge in [0, 0.05) is 19.0 Å². The quantitative estimate of drug-likeness (QED) is 0.826. The van der Waals surface area contributed by atoms with Crippen LogP contribution in [0, 0.1) is 5.92 Å². The number of sulfonamides is 1. The van der Waals surface area contributed by atoms with E-state index >= 15 is 0 Å². The summed E-state index contributed by atoms with van der Waals surface area (Å²) in [5.74, 6) is 1.03. The molecular formula is C12H18N4O3S. The zero-order chi connectivity index (χ0) is 14.3. The molecule has 0 spiro atoms. The SMILES string of the molecule is CS(=O)(=O)N1CCn2c(CNC(=O)C3CC3)cnc2C1. The van der Waals surface area contributed by atoms with E-state index in [2.05, 4.69) is 10.3 Å². The zero-order valence-electron chi connectivity index (χ0n) is 11.4. The van der Waals surface area contributed by atoms with Crippen molar-refractivity contribution >= 4 is 15.9 Å². The molecule has 0 atom stereocenters. The van der Waals surface area contributed by atoms with Crippen LogP contribution in [-0.2, 0) is 34.5 Å². The van der Waals surface area contributed by atoms with Gasteiger partial charge in [-0.1, -0.05) is 0 Å². The molecule has 2 aliphatic rings. The maximum atomic E-state index is 11.6. The van der Waals surface area contributed by atoms with Gasteiger partial charge in [-0.2, -0.15) is 4.31 Å². The van der Waals surface area contributed by atoms with Crippen molar-refractivity contribution in [2.75, 3.05) is 12.8 Å². The van der Waals surface area contributed by atoms with Crippen LogP contribution < -0.4 is 5.32 Å². The Bertz CT molecular complexity index is 633. The summed E-state index contributed by atoms with van der Waals surface area (Å²) < 4.78 is 26.5. The molecule has 0 saturated heterocycles. The number of carbonyl (C=O) groups is 1. The Hall–Kier alpha value is -1.41. The number of amides is 1. The Morgan fingerprint density at radius 3 is 2.85 bits per heavy atom. The van der Waals surface area contributed by atoms with E-state index < -0.39 is 10.0 Å². The second-order valence-corrected chi connectivity index (χ2v) is 7.39. The highest BCUT2D eigenvalue weighted by Crippen LogP contribution is 2.28. The molecule has 1 aliphatic heterocycles. The number of nitrogens with zero attached hydrogens (tertiary/aromatic N) is 3. The average molecular weight is 298 g/mol. The number of rotatable bonds is 4. The van der Waals surface area contributed by atoms with E-state index in [0.29, 0.717) is 26.2 Å². The molecule has 8 heteroatoms. The molecule has 0 radical (unpaired) electrons. The van der Waals surface area contributed by atoms with Crippen LogP contribution in [0.4, 0.5) is 0 Å². The fourth-order valence-corrected chi connectivity index (χ4v) is 3.16. The number of aromatic nitrogens is 2. The Kier molecular flexibility index (Phi) is 3.29.